The number of carbonyl (C=O) groups is 3. The quantitative estimate of drug-likeness (QED) is 0.0552. The van der Waals surface area contributed by atoms with E-state index in [-0.39, 0.29) is 49.8 Å². The number of hydrogen-bond donors (Lipinski definition) is 7. The molecule has 0 bridgehead atoms. The molecule has 3 amide bonds. The van der Waals surface area contributed by atoms with E-state index in [2.05, 4.69) is 35.7 Å². The van der Waals surface area contributed by atoms with Crippen LogP contribution in [0.1, 0.15) is 47.2 Å². The van der Waals surface area contributed by atoms with E-state index in [1.807, 2.05) is 30.3 Å². The average Bonchev–Trinajstić information content (AvgIpc) is 3.72. The summed E-state index contributed by atoms with van der Waals surface area (Å²) >= 11 is 0. The number of amides is 3. The van der Waals surface area contributed by atoms with E-state index in [1.54, 1.807) is 32.2 Å². The molecule has 0 aliphatic rings. The second kappa shape index (κ2) is 15.9. The number of aromatic hydroxyl groups is 1. The van der Waals surface area contributed by atoms with E-state index < -0.39 is 36.1 Å². The number of phenolic OH excluding ortho intramolecular Hbond substituents is 1. The molecule has 16 heteroatoms. The lowest BCUT2D eigenvalue weighted by Gasteiger charge is -2.25. The van der Waals surface area contributed by atoms with E-state index >= 15 is 0 Å². The number of primary amides is 1. The number of nitrogens with two attached hydrogens (primary N) is 3. The SMILES string of the molecule is Cc1cc(O)cc(C)c1CC(NC(=O)C(CCCN=C(N)N)OC(N)=O)C(=O)N[C@@H](Cc1cnc[nH]1)c1nc(-c2ccccc2)no1. The Morgan fingerprint density at radius 3 is 2.40 bits per heavy atom. The molecule has 16 nitrogen and oxygen atoms in total. The summed E-state index contributed by atoms with van der Waals surface area (Å²) in [6.45, 7) is 3.74. The number of aliphatic imine (C=N–C) groups is 1. The molecule has 0 saturated heterocycles. The number of carbonyl (C=O) groups excluding carboxylic acids is 3. The molecule has 47 heavy (non-hydrogen) atoms. The van der Waals surface area contributed by atoms with Crippen LogP contribution in [0.25, 0.3) is 11.4 Å². The third-order valence-electron chi connectivity index (χ3n) is 7.26. The molecule has 4 aromatic rings. The van der Waals surface area contributed by atoms with Gasteiger partial charge in [0, 0.05) is 36.8 Å². The minimum absolute atomic E-state index is 0.0304. The van der Waals surface area contributed by atoms with Gasteiger partial charge in [0.25, 0.3) is 5.91 Å². The number of hydrogen-bond acceptors (Lipinski definition) is 10. The lowest BCUT2D eigenvalue weighted by atomic mass is 9.95. The van der Waals surface area contributed by atoms with Crippen molar-refractivity contribution in [2.75, 3.05) is 6.54 Å². The maximum absolute atomic E-state index is 14.1. The van der Waals surface area contributed by atoms with E-state index in [9.17, 15) is 19.5 Å². The highest BCUT2D eigenvalue weighted by Crippen LogP contribution is 2.24. The van der Waals surface area contributed by atoms with Gasteiger partial charge in [-0.1, -0.05) is 35.5 Å². The Balaban J connectivity index is 1.63. The number of phenols is 1. The molecular weight excluding hydrogens is 608 g/mol. The highest BCUT2D eigenvalue weighted by Gasteiger charge is 2.31. The number of aromatic amines is 1. The number of H-pyrrole nitrogens is 1. The van der Waals surface area contributed by atoms with Gasteiger partial charge in [0.05, 0.1) is 6.33 Å². The van der Waals surface area contributed by atoms with Crippen LogP contribution in [0.3, 0.4) is 0 Å². The van der Waals surface area contributed by atoms with Crippen molar-refractivity contribution in [3.8, 4) is 17.1 Å². The van der Waals surface area contributed by atoms with Crippen LogP contribution >= 0.6 is 0 Å². The zero-order valence-corrected chi connectivity index (χ0v) is 26.0. The maximum atomic E-state index is 14.1. The van der Waals surface area contributed by atoms with E-state index in [0.29, 0.717) is 22.6 Å². The zero-order valence-electron chi connectivity index (χ0n) is 26.0. The Morgan fingerprint density at radius 1 is 1.04 bits per heavy atom. The van der Waals surface area contributed by atoms with Crippen LogP contribution in [-0.4, -0.2) is 67.8 Å². The third-order valence-corrected chi connectivity index (χ3v) is 7.26. The van der Waals surface area contributed by atoms with Gasteiger partial charge in [-0.25, -0.2) is 9.78 Å². The largest absolute Gasteiger partial charge is 0.508 e. The molecule has 4 rings (SSSR count). The summed E-state index contributed by atoms with van der Waals surface area (Å²) in [6.07, 6.45) is 1.16. The monoisotopic (exact) mass is 646 g/mol. The van der Waals surface area contributed by atoms with Crippen molar-refractivity contribution in [1.29, 1.82) is 0 Å². The van der Waals surface area contributed by atoms with Gasteiger partial charge in [-0.3, -0.25) is 14.6 Å². The Labute approximate surface area is 270 Å². The van der Waals surface area contributed by atoms with Gasteiger partial charge >= 0.3 is 6.09 Å². The van der Waals surface area contributed by atoms with Gasteiger partial charge < -0.3 is 47.2 Å². The summed E-state index contributed by atoms with van der Waals surface area (Å²) < 4.78 is 10.7. The number of aryl methyl sites for hydroxylation is 2. The smallest absolute Gasteiger partial charge is 0.405 e. The average molecular weight is 647 g/mol. The van der Waals surface area contributed by atoms with Gasteiger partial charge in [0.2, 0.25) is 17.6 Å². The van der Waals surface area contributed by atoms with Crippen molar-refractivity contribution in [2.45, 2.75) is 57.7 Å². The topological polar surface area (TPSA) is 263 Å². The standard InChI is InChI=1S/C31H38N10O6/c1-17-11-21(42)12-18(2)22(17)14-23(38-28(44)25(46-31(34)45)9-6-10-36-30(32)33)27(43)39-24(13-20-15-35-16-37-20)29-40-26(41-47-29)19-7-4-3-5-8-19/h3-5,7-8,11-12,15-16,23-25,42H,6,9-10,13-14H2,1-2H3,(H2,34,45)(H,35,37)(H,38,44)(H,39,43)(H4,32,33,36)/t23?,24-,25?/m0/s1. The molecule has 2 aromatic carbocycles. The fraction of sp³-hybridized carbons (Fsp3) is 0.323. The Bertz CT molecular complexity index is 1660. The molecule has 0 aliphatic heterocycles. The summed E-state index contributed by atoms with van der Waals surface area (Å²) in [5.41, 5.74) is 19.5. The van der Waals surface area contributed by atoms with Crippen LogP contribution in [0, 0.1) is 13.8 Å². The fourth-order valence-corrected chi connectivity index (χ4v) is 5.01. The van der Waals surface area contributed by atoms with Crippen molar-refractivity contribution < 1.29 is 28.8 Å². The molecular formula is C31H38N10O6. The molecule has 0 radical (unpaired) electrons. The second-order valence-corrected chi connectivity index (χ2v) is 10.9. The third kappa shape index (κ3) is 9.78. The van der Waals surface area contributed by atoms with Crippen molar-refractivity contribution >= 4 is 23.9 Å². The predicted molar refractivity (Wildman–Crippen MR) is 170 cm³/mol. The van der Waals surface area contributed by atoms with Gasteiger partial charge in [-0.05, 0) is 55.5 Å². The molecule has 10 N–H and O–H groups in total. The van der Waals surface area contributed by atoms with Crippen molar-refractivity contribution in [3.63, 3.8) is 0 Å². The lowest BCUT2D eigenvalue weighted by molar-refractivity contribution is -0.134. The lowest BCUT2D eigenvalue weighted by Crippen LogP contribution is -2.52. The predicted octanol–water partition coefficient (Wildman–Crippen LogP) is 1.43. The highest BCUT2D eigenvalue weighted by atomic mass is 16.6. The van der Waals surface area contributed by atoms with Crippen molar-refractivity contribution in [2.24, 2.45) is 22.2 Å². The molecule has 2 aromatic heterocycles. The van der Waals surface area contributed by atoms with Crippen LogP contribution in [-0.2, 0) is 27.2 Å². The van der Waals surface area contributed by atoms with Gasteiger partial charge in [-0.15, -0.1) is 0 Å². The van der Waals surface area contributed by atoms with E-state index in [1.165, 1.54) is 6.33 Å². The molecule has 3 atom stereocenters. The summed E-state index contributed by atoms with van der Waals surface area (Å²) in [4.78, 5) is 54.7. The fourth-order valence-electron chi connectivity index (χ4n) is 5.01. The van der Waals surface area contributed by atoms with E-state index in [0.717, 1.165) is 11.1 Å². The number of rotatable bonds is 15. The number of benzene rings is 2. The van der Waals surface area contributed by atoms with Crippen LogP contribution < -0.4 is 27.8 Å². The minimum atomic E-state index is -1.33. The first-order chi connectivity index (χ1) is 22.5. The van der Waals surface area contributed by atoms with Crippen molar-refractivity contribution in [1.82, 2.24) is 30.7 Å². The Hall–Kier alpha value is -5.93. The zero-order chi connectivity index (χ0) is 33.9. The summed E-state index contributed by atoms with van der Waals surface area (Å²) in [5.74, 6) is -0.945. The van der Waals surface area contributed by atoms with Gasteiger partial charge in [0.15, 0.2) is 12.1 Å². The summed E-state index contributed by atoms with van der Waals surface area (Å²) in [5, 5.41) is 19.8. The highest BCUT2D eigenvalue weighted by molar-refractivity contribution is 5.90. The molecule has 0 spiro atoms. The number of nitrogens with one attached hydrogen (secondary N) is 3. The number of ether oxygens (including phenoxy) is 1. The second-order valence-electron chi connectivity index (χ2n) is 10.9. The molecule has 0 aliphatic carbocycles. The first-order valence-electron chi connectivity index (χ1n) is 14.8. The minimum Gasteiger partial charge on any atom is -0.508 e. The summed E-state index contributed by atoms with van der Waals surface area (Å²) in [7, 11) is 0. The Morgan fingerprint density at radius 2 is 1.77 bits per heavy atom. The normalized spacial score (nSPS) is 12.8. The Kier molecular flexibility index (Phi) is 11.5. The molecule has 248 valence electrons. The summed E-state index contributed by atoms with van der Waals surface area (Å²) in [6, 6.07) is 10.3. The first kappa shape index (κ1) is 34.0. The molecule has 0 saturated carbocycles. The maximum Gasteiger partial charge on any atom is 0.405 e. The van der Waals surface area contributed by atoms with Crippen LogP contribution in [0.15, 0.2) is 64.5 Å². The van der Waals surface area contributed by atoms with Crippen LogP contribution in [0.4, 0.5) is 4.79 Å². The van der Waals surface area contributed by atoms with Crippen LogP contribution in [0.5, 0.6) is 5.75 Å². The number of imidazole rings is 1. The number of aromatic nitrogens is 4. The molecule has 2 unspecified atom stereocenters. The van der Waals surface area contributed by atoms with Gasteiger partial charge in [-0.2, -0.15) is 4.98 Å². The van der Waals surface area contributed by atoms with Gasteiger partial charge in [0.1, 0.15) is 17.8 Å². The van der Waals surface area contributed by atoms with Crippen LogP contribution in [0.2, 0.25) is 0 Å². The molecule has 2 heterocycles. The number of nitrogens with zero attached hydrogens (tertiary/aromatic N) is 4. The number of guanidine groups is 1. The van der Waals surface area contributed by atoms with E-state index in [4.69, 9.17) is 26.5 Å². The first-order valence-corrected chi connectivity index (χ1v) is 14.8. The molecule has 0 fully saturated rings. The van der Waals surface area contributed by atoms with Crippen molar-refractivity contribution in [3.05, 3.63) is 83.3 Å².